The highest BCUT2D eigenvalue weighted by atomic mass is 19.4. The maximum Gasteiger partial charge on any atom is 0.411 e. The van der Waals surface area contributed by atoms with E-state index >= 15 is 0 Å². The molecule has 1 unspecified atom stereocenters. The Hall–Kier alpha value is -1.21. The fraction of sp³-hybridized carbons (Fsp3) is 0.714. The van der Waals surface area contributed by atoms with Crippen LogP contribution in [0.25, 0.3) is 0 Å². The van der Waals surface area contributed by atoms with E-state index in [1.165, 1.54) is 0 Å². The molecule has 0 bridgehead atoms. The molecule has 0 radical (unpaired) electrons. The fourth-order valence-electron chi connectivity index (χ4n) is 2.59. The van der Waals surface area contributed by atoms with Gasteiger partial charge >= 0.3 is 6.18 Å². The van der Waals surface area contributed by atoms with Crippen LogP contribution < -0.4 is 5.73 Å². The summed E-state index contributed by atoms with van der Waals surface area (Å²) in [7, 11) is 0. The lowest BCUT2D eigenvalue weighted by molar-refractivity contribution is -0.173. The van der Waals surface area contributed by atoms with Crippen molar-refractivity contribution in [3.8, 4) is 0 Å². The Labute approximate surface area is 121 Å². The van der Waals surface area contributed by atoms with Gasteiger partial charge in [-0.05, 0) is 44.2 Å². The summed E-state index contributed by atoms with van der Waals surface area (Å²) >= 11 is 0. The van der Waals surface area contributed by atoms with E-state index in [-0.39, 0.29) is 6.61 Å². The summed E-state index contributed by atoms with van der Waals surface area (Å²) < 4.78 is 40.5. The zero-order valence-electron chi connectivity index (χ0n) is 12.0. The molecule has 21 heavy (non-hydrogen) atoms. The van der Waals surface area contributed by atoms with E-state index in [0.717, 1.165) is 36.2 Å². The molecule has 0 spiro atoms. The molecule has 1 aromatic rings. The van der Waals surface area contributed by atoms with Gasteiger partial charge in [0.05, 0.1) is 6.61 Å². The summed E-state index contributed by atoms with van der Waals surface area (Å²) in [6.45, 7) is 1.32. The Morgan fingerprint density at radius 3 is 2.76 bits per heavy atom. The van der Waals surface area contributed by atoms with Crippen LogP contribution in [0.5, 0.6) is 0 Å². The molecular formula is C14H20F3N3O. The molecule has 7 heteroatoms. The quantitative estimate of drug-likeness (QED) is 0.845. The number of hydrogen-bond acceptors (Lipinski definition) is 4. The molecule has 0 fully saturated rings. The topological polar surface area (TPSA) is 61.0 Å². The van der Waals surface area contributed by atoms with Gasteiger partial charge in [-0.3, -0.25) is 0 Å². The van der Waals surface area contributed by atoms with Gasteiger partial charge in [0.2, 0.25) is 0 Å². The maximum atomic E-state index is 12.0. The van der Waals surface area contributed by atoms with Crippen molar-refractivity contribution in [3.63, 3.8) is 0 Å². The molecule has 1 heterocycles. The molecule has 118 valence electrons. The van der Waals surface area contributed by atoms with Gasteiger partial charge in [0, 0.05) is 17.8 Å². The van der Waals surface area contributed by atoms with Crippen LogP contribution in [0.3, 0.4) is 0 Å². The lowest BCUT2D eigenvalue weighted by atomic mass is 9.86. The first-order valence-electron chi connectivity index (χ1n) is 7.09. The second-order valence-corrected chi connectivity index (χ2v) is 5.41. The van der Waals surface area contributed by atoms with Crippen LogP contribution in [0.4, 0.5) is 13.2 Å². The number of nitrogens with two attached hydrogens (primary N) is 1. The summed E-state index contributed by atoms with van der Waals surface area (Å²) in [6, 6.07) is 0. The number of aryl methyl sites for hydroxylation is 2. The van der Waals surface area contributed by atoms with Gasteiger partial charge in [-0.15, -0.1) is 0 Å². The molecule has 0 amide bonds. The first kappa shape index (κ1) is 16.2. The first-order valence-corrected chi connectivity index (χ1v) is 7.09. The number of aromatic nitrogens is 2. The zero-order chi connectivity index (χ0) is 15.5. The number of alkyl halides is 3. The van der Waals surface area contributed by atoms with E-state index in [1.54, 1.807) is 0 Å². The molecule has 0 aliphatic heterocycles. The Bertz CT molecular complexity index is 491. The van der Waals surface area contributed by atoms with Crippen molar-refractivity contribution in [2.75, 3.05) is 19.8 Å². The number of halogens is 3. The SMILES string of the molecule is Cc1nc(CCOCC(F)(F)F)nc2c1CC(CN)CC2. The summed E-state index contributed by atoms with van der Waals surface area (Å²) in [4.78, 5) is 8.84. The van der Waals surface area contributed by atoms with Gasteiger partial charge in [-0.2, -0.15) is 13.2 Å². The molecule has 2 N–H and O–H groups in total. The van der Waals surface area contributed by atoms with Crippen LogP contribution in [-0.4, -0.2) is 35.9 Å². The third-order valence-electron chi connectivity index (χ3n) is 3.70. The first-order chi connectivity index (χ1) is 9.89. The van der Waals surface area contributed by atoms with Crippen molar-refractivity contribution in [2.24, 2.45) is 11.7 Å². The lowest BCUT2D eigenvalue weighted by Crippen LogP contribution is -2.25. The molecule has 0 saturated carbocycles. The summed E-state index contributed by atoms with van der Waals surface area (Å²) in [5.41, 5.74) is 8.78. The number of rotatable bonds is 5. The second-order valence-electron chi connectivity index (χ2n) is 5.41. The van der Waals surface area contributed by atoms with E-state index in [4.69, 9.17) is 5.73 Å². The number of ether oxygens (including phenoxy) is 1. The van der Waals surface area contributed by atoms with Crippen molar-refractivity contribution >= 4 is 0 Å². The van der Waals surface area contributed by atoms with Crippen molar-refractivity contribution in [1.82, 2.24) is 9.97 Å². The minimum atomic E-state index is -4.29. The van der Waals surface area contributed by atoms with Gasteiger partial charge in [0.15, 0.2) is 0 Å². The predicted molar refractivity (Wildman–Crippen MR) is 71.9 cm³/mol. The molecule has 1 aliphatic rings. The standard InChI is InChI=1S/C14H20F3N3O/c1-9-11-6-10(7-18)2-3-12(11)20-13(19-9)4-5-21-8-14(15,16)17/h10H,2-8,18H2,1H3. The average Bonchev–Trinajstić information content (AvgIpc) is 2.42. The van der Waals surface area contributed by atoms with E-state index in [2.05, 4.69) is 14.7 Å². The highest BCUT2D eigenvalue weighted by Crippen LogP contribution is 2.25. The van der Waals surface area contributed by atoms with E-state index in [1.807, 2.05) is 6.92 Å². The van der Waals surface area contributed by atoms with E-state index < -0.39 is 12.8 Å². The van der Waals surface area contributed by atoms with Crippen LogP contribution in [0.1, 0.15) is 29.2 Å². The monoisotopic (exact) mass is 303 g/mol. The van der Waals surface area contributed by atoms with E-state index in [0.29, 0.717) is 24.7 Å². The smallest absolute Gasteiger partial charge is 0.372 e. The van der Waals surface area contributed by atoms with Crippen LogP contribution in [0, 0.1) is 12.8 Å². The molecule has 1 aliphatic carbocycles. The van der Waals surface area contributed by atoms with Crippen LogP contribution in [0.15, 0.2) is 0 Å². The molecular weight excluding hydrogens is 283 g/mol. The number of hydrogen-bond donors (Lipinski definition) is 1. The predicted octanol–water partition coefficient (Wildman–Crippen LogP) is 1.97. The molecule has 2 rings (SSSR count). The van der Waals surface area contributed by atoms with Crippen molar-refractivity contribution < 1.29 is 17.9 Å². The van der Waals surface area contributed by atoms with Gasteiger partial charge < -0.3 is 10.5 Å². The largest absolute Gasteiger partial charge is 0.411 e. The third kappa shape index (κ3) is 4.64. The third-order valence-corrected chi connectivity index (χ3v) is 3.70. The Kier molecular flexibility index (Phi) is 5.16. The Morgan fingerprint density at radius 1 is 1.33 bits per heavy atom. The zero-order valence-corrected chi connectivity index (χ0v) is 12.0. The second kappa shape index (κ2) is 6.70. The maximum absolute atomic E-state index is 12.0. The van der Waals surface area contributed by atoms with Gasteiger partial charge in [0.25, 0.3) is 0 Å². The lowest BCUT2D eigenvalue weighted by Gasteiger charge is -2.24. The van der Waals surface area contributed by atoms with E-state index in [9.17, 15) is 13.2 Å². The molecule has 1 atom stereocenters. The highest BCUT2D eigenvalue weighted by Gasteiger charge is 2.27. The summed E-state index contributed by atoms with van der Waals surface area (Å²) in [6.07, 6.45) is -1.24. The Balaban J connectivity index is 1.95. The number of fused-ring (bicyclic) bond motifs is 1. The number of nitrogens with zero attached hydrogens (tertiary/aromatic N) is 2. The fourth-order valence-corrected chi connectivity index (χ4v) is 2.59. The van der Waals surface area contributed by atoms with Crippen LogP contribution in [-0.2, 0) is 24.0 Å². The normalized spacial score (nSPS) is 18.6. The summed E-state index contributed by atoms with van der Waals surface area (Å²) in [5.74, 6) is 1.03. The van der Waals surface area contributed by atoms with Crippen molar-refractivity contribution in [1.29, 1.82) is 0 Å². The summed E-state index contributed by atoms with van der Waals surface area (Å²) in [5, 5.41) is 0. The molecule has 4 nitrogen and oxygen atoms in total. The molecule has 0 aromatic carbocycles. The minimum Gasteiger partial charge on any atom is -0.372 e. The Morgan fingerprint density at radius 2 is 2.10 bits per heavy atom. The van der Waals surface area contributed by atoms with Gasteiger partial charge in [-0.1, -0.05) is 0 Å². The average molecular weight is 303 g/mol. The minimum absolute atomic E-state index is 0.0246. The van der Waals surface area contributed by atoms with Crippen LogP contribution in [0.2, 0.25) is 0 Å². The van der Waals surface area contributed by atoms with Crippen LogP contribution >= 0.6 is 0 Å². The molecule has 0 saturated heterocycles. The molecule has 1 aromatic heterocycles. The van der Waals surface area contributed by atoms with Crippen molar-refractivity contribution in [3.05, 3.63) is 22.8 Å². The highest BCUT2D eigenvalue weighted by molar-refractivity contribution is 5.28. The van der Waals surface area contributed by atoms with Crippen molar-refractivity contribution in [2.45, 2.75) is 38.8 Å². The van der Waals surface area contributed by atoms with Gasteiger partial charge in [0.1, 0.15) is 12.4 Å². The van der Waals surface area contributed by atoms with Gasteiger partial charge in [-0.25, -0.2) is 9.97 Å².